The molecule has 0 atom stereocenters. The molecule has 7 heteroatoms. The Morgan fingerprint density at radius 3 is 2.28 bits per heavy atom. The molecule has 0 bridgehead atoms. The number of hydrogen-bond donors (Lipinski definition) is 0. The first-order valence-electron chi connectivity index (χ1n) is 9.26. The van der Waals surface area contributed by atoms with Gasteiger partial charge in [0.05, 0.1) is 0 Å². The average molecular weight is 451 g/mol. The molecular weight excluding hydrogens is 421 g/mol. The fourth-order valence-corrected chi connectivity index (χ4v) is 4.26. The number of aryl methyl sites for hydroxylation is 1. The summed E-state index contributed by atoms with van der Waals surface area (Å²) in [4.78, 5) is 1.22. The quantitative estimate of drug-likeness (QED) is 0.315. The molecule has 0 unspecified atom stereocenters. The summed E-state index contributed by atoms with van der Waals surface area (Å²) in [6.07, 6.45) is 7.54. The summed E-state index contributed by atoms with van der Waals surface area (Å²) in [5.74, 6) is 0.683. The van der Waals surface area contributed by atoms with Crippen LogP contribution >= 0.6 is 18.5 Å². The second kappa shape index (κ2) is 11.7. The highest BCUT2D eigenvalue weighted by Crippen LogP contribution is 2.48. The van der Waals surface area contributed by atoms with E-state index in [0.29, 0.717) is 5.75 Å². The van der Waals surface area contributed by atoms with Crippen LogP contribution in [0.15, 0.2) is 59.5 Å². The van der Waals surface area contributed by atoms with Gasteiger partial charge in [-0.15, -0.1) is 11.8 Å². The Hall–Kier alpha value is -1.43. The second-order valence-electron chi connectivity index (χ2n) is 6.47. The molecular formula is C22H29NO3PS2+. The van der Waals surface area contributed by atoms with Gasteiger partial charge in [-0.05, 0) is 48.1 Å². The summed E-state index contributed by atoms with van der Waals surface area (Å²) in [6.45, 7) is 0.535. The first-order chi connectivity index (χ1) is 13.9. The number of benzene rings is 2. The lowest BCUT2D eigenvalue weighted by molar-refractivity contribution is -0.491. The predicted octanol–water partition coefficient (Wildman–Crippen LogP) is 5.80. The van der Waals surface area contributed by atoms with Crippen molar-refractivity contribution in [1.82, 2.24) is 0 Å². The molecule has 1 aliphatic rings. The Balaban J connectivity index is 0.000000211. The standard InChI is InChI=1S/C12H14N.C10H15O3PS2/c1-13-9-7-12(8-10-13)11-5-3-2-4-6-11;1-8-7-9(5-6-10(8)16-4)13-14(15,11-2)12-3/h2-7,9H,8,10H2,1H3;5-7H,1-4H3/q+1;. The number of nitrogens with zero attached hydrogens (tertiary/aromatic N) is 1. The smallest absolute Gasteiger partial charge is 0.380 e. The third-order valence-electron chi connectivity index (χ3n) is 4.44. The van der Waals surface area contributed by atoms with Crippen LogP contribution in [0.5, 0.6) is 5.75 Å². The Labute approximate surface area is 183 Å². The van der Waals surface area contributed by atoms with Crippen LogP contribution in [0.1, 0.15) is 17.5 Å². The van der Waals surface area contributed by atoms with Crippen molar-refractivity contribution in [3.05, 3.63) is 65.7 Å². The van der Waals surface area contributed by atoms with Gasteiger partial charge in [0.2, 0.25) is 0 Å². The number of allylic oxidation sites excluding steroid dienone is 1. The first kappa shape index (κ1) is 23.8. The van der Waals surface area contributed by atoms with Gasteiger partial charge >= 0.3 is 6.72 Å². The number of thioether (sulfide) groups is 1. The molecule has 4 nitrogen and oxygen atoms in total. The summed E-state index contributed by atoms with van der Waals surface area (Å²) >= 11 is 6.83. The maximum atomic E-state index is 5.55. The van der Waals surface area contributed by atoms with Crippen molar-refractivity contribution in [3.63, 3.8) is 0 Å². The fourth-order valence-electron chi connectivity index (χ4n) is 2.75. The van der Waals surface area contributed by atoms with E-state index in [1.54, 1.807) is 11.8 Å². The summed E-state index contributed by atoms with van der Waals surface area (Å²) in [7, 11) is 5.10. The molecule has 0 aromatic heterocycles. The van der Waals surface area contributed by atoms with Gasteiger partial charge in [-0.25, -0.2) is 4.58 Å². The SMILES string of the molecule is COP(=S)(OC)Oc1ccc(SC)c(C)c1.C[N+]1=CC=C(c2ccccc2)CC1. The monoisotopic (exact) mass is 450 g/mol. The molecule has 0 N–H and O–H groups in total. The number of rotatable bonds is 6. The zero-order valence-corrected chi connectivity index (χ0v) is 20.2. The van der Waals surface area contributed by atoms with Crippen LogP contribution in [0.25, 0.3) is 5.57 Å². The third kappa shape index (κ3) is 7.40. The third-order valence-corrected chi connectivity index (χ3v) is 7.78. The topological polar surface area (TPSA) is 30.7 Å². The van der Waals surface area contributed by atoms with Crippen LogP contribution < -0.4 is 4.52 Å². The summed E-state index contributed by atoms with van der Waals surface area (Å²) in [5, 5.41) is 0. The molecule has 0 aliphatic carbocycles. The van der Waals surface area contributed by atoms with Gasteiger partial charge in [-0.2, -0.15) is 0 Å². The minimum absolute atomic E-state index is 0.683. The molecule has 2 aromatic carbocycles. The van der Waals surface area contributed by atoms with E-state index in [1.165, 1.54) is 30.3 Å². The highest BCUT2D eigenvalue weighted by molar-refractivity contribution is 8.07. The molecule has 0 radical (unpaired) electrons. The van der Waals surface area contributed by atoms with Crippen LogP contribution in [-0.2, 0) is 20.9 Å². The van der Waals surface area contributed by atoms with Crippen LogP contribution in [0, 0.1) is 6.92 Å². The van der Waals surface area contributed by atoms with E-state index >= 15 is 0 Å². The van der Waals surface area contributed by atoms with Crippen molar-refractivity contribution in [2.45, 2.75) is 18.2 Å². The Morgan fingerprint density at radius 1 is 1.07 bits per heavy atom. The van der Waals surface area contributed by atoms with Crippen molar-refractivity contribution in [3.8, 4) is 5.75 Å². The fraction of sp³-hybridized carbons (Fsp3) is 0.318. The van der Waals surface area contributed by atoms with E-state index in [9.17, 15) is 0 Å². The van der Waals surface area contributed by atoms with E-state index in [2.05, 4.69) is 54.2 Å². The van der Waals surface area contributed by atoms with Crippen LogP contribution in [0.4, 0.5) is 0 Å². The summed E-state index contributed by atoms with van der Waals surface area (Å²) in [5.41, 5.74) is 3.95. The lowest BCUT2D eigenvalue weighted by Gasteiger charge is -2.18. The van der Waals surface area contributed by atoms with Gasteiger partial charge in [-0.1, -0.05) is 30.3 Å². The van der Waals surface area contributed by atoms with Crippen LogP contribution in [0.3, 0.4) is 0 Å². The van der Waals surface area contributed by atoms with E-state index in [4.69, 9.17) is 25.4 Å². The Bertz CT molecular complexity index is 906. The summed E-state index contributed by atoms with van der Waals surface area (Å²) in [6, 6.07) is 16.4. The van der Waals surface area contributed by atoms with Gasteiger partial charge in [0, 0.05) is 43.4 Å². The van der Waals surface area contributed by atoms with E-state index in [1.807, 2.05) is 31.4 Å². The van der Waals surface area contributed by atoms with E-state index < -0.39 is 6.72 Å². The van der Waals surface area contributed by atoms with Crippen LogP contribution in [0.2, 0.25) is 0 Å². The maximum absolute atomic E-state index is 5.55. The van der Waals surface area contributed by atoms with Gasteiger partial charge in [-0.3, -0.25) is 0 Å². The van der Waals surface area contributed by atoms with Gasteiger partial charge < -0.3 is 13.6 Å². The van der Waals surface area contributed by atoms with Crippen molar-refractivity contribution in [2.75, 3.05) is 34.1 Å². The molecule has 156 valence electrons. The summed E-state index contributed by atoms with van der Waals surface area (Å²) < 4.78 is 17.9. The largest absolute Gasteiger partial charge is 0.424 e. The molecule has 1 heterocycles. The maximum Gasteiger partial charge on any atom is 0.380 e. The lowest BCUT2D eigenvalue weighted by atomic mass is 10.0. The predicted molar refractivity (Wildman–Crippen MR) is 128 cm³/mol. The van der Waals surface area contributed by atoms with Gasteiger partial charge in [0.15, 0.2) is 6.21 Å². The highest BCUT2D eigenvalue weighted by atomic mass is 32.5. The van der Waals surface area contributed by atoms with Crippen molar-refractivity contribution in [2.24, 2.45) is 0 Å². The van der Waals surface area contributed by atoms with E-state index in [-0.39, 0.29) is 0 Å². The zero-order valence-electron chi connectivity index (χ0n) is 17.6. The normalized spacial score (nSPS) is 13.7. The average Bonchev–Trinajstić information content (AvgIpc) is 2.75. The van der Waals surface area contributed by atoms with Gasteiger partial charge in [0.25, 0.3) is 0 Å². The van der Waals surface area contributed by atoms with Crippen LogP contribution in [-0.4, -0.2) is 44.9 Å². The minimum Gasteiger partial charge on any atom is -0.424 e. The van der Waals surface area contributed by atoms with Crippen molar-refractivity contribution in [1.29, 1.82) is 0 Å². The van der Waals surface area contributed by atoms with Crippen molar-refractivity contribution >= 4 is 42.1 Å². The zero-order chi connectivity index (χ0) is 21.3. The molecule has 0 saturated heterocycles. The molecule has 0 saturated carbocycles. The minimum atomic E-state index is -2.62. The van der Waals surface area contributed by atoms with Crippen molar-refractivity contribution < 1.29 is 18.1 Å². The molecule has 0 spiro atoms. The molecule has 0 fully saturated rings. The second-order valence-corrected chi connectivity index (χ2v) is 10.5. The number of hydrogen-bond acceptors (Lipinski definition) is 5. The van der Waals surface area contributed by atoms with E-state index in [0.717, 1.165) is 18.5 Å². The Kier molecular flexibility index (Phi) is 9.60. The highest BCUT2D eigenvalue weighted by Gasteiger charge is 2.18. The lowest BCUT2D eigenvalue weighted by Crippen LogP contribution is -2.12. The molecule has 1 aliphatic heterocycles. The molecule has 0 amide bonds. The van der Waals surface area contributed by atoms with Gasteiger partial charge in [0.1, 0.15) is 19.3 Å². The molecule has 2 aromatic rings. The molecule has 3 rings (SSSR count). The first-order valence-corrected chi connectivity index (χ1v) is 13.0. The molecule has 29 heavy (non-hydrogen) atoms. The Morgan fingerprint density at radius 2 is 1.76 bits per heavy atom.